The van der Waals surface area contributed by atoms with Crippen LogP contribution in [-0.4, -0.2) is 45.3 Å². The highest BCUT2D eigenvalue weighted by molar-refractivity contribution is 6.03. The van der Waals surface area contributed by atoms with E-state index in [0.29, 0.717) is 17.7 Å². The number of H-pyrrole nitrogens is 1. The summed E-state index contributed by atoms with van der Waals surface area (Å²) in [4.78, 5) is 26.9. The number of hydrogen-bond donors (Lipinski definition) is 4. The molecule has 1 aromatic heterocycles. The monoisotopic (exact) mass is 388 g/mol. The van der Waals surface area contributed by atoms with Crippen LogP contribution in [-0.2, 0) is 11.2 Å². The number of nitrogens with one attached hydrogen (secondary N) is 2. The number of ketones is 1. The Bertz CT molecular complexity index is 881. The van der Waals surface area contributed by atoms with Gasteiger partial charge in [-0.25, -0.2) is 4.79 Å². The number of aromatic nitrogens is 1. The number of rotatable bonds is 5. The van der Waals surface area contributed by atoms with Gasteiger partial charge in [0, 0.05) is 23.9 Å². The fourth-order valence-electron chi connectivity index (χ4n) is 3.51. The summed E-state index contributed by atoms with van der Waals surface area (Å²) in [5, 5.41) is 24.3. The van der Waals surface area contributed by atoms with Crippen LogP contribution in [0.3, 0.4) is 0 Å². The molecule has 0 saturated carbocycles. The Morgan fingerprint density at radius 2 is 2.04 bits per heavy atom. The first-order valence-electron chi connectivity index (χ1n) is 9.66. The third-order valence-electron chi connectivity index (χ3n) is 4.85. The Kier molecular flexibility index (Phi) is 5.76. The number of hydrogen-bond acceptors (Lipinski definition) is 5. The Labute approximate surface area is 164 Å². The molecule has 2 unspecified atom stereocenters. The number of ether oxygens (including phenoxy) is 1. The highest BCUT2D eigenvalue weighted by Crippen LogP contribution is 2.31. The van der Waals surface area contributed by atoms with Crippen molar-refractivity contribution in [1.29, 1.82) is 0 Å². The summed E-state index contributed by atoms with van der Waals surface area (Å²) in [5.74, 6) is 0.118. The van der Waals surface area contributed by atoms with Crippen LogP contribution in [0.1, 0.15) is 67.8 Å². The van der Waals surface area contributed by atoms with E-state index < -0.39 is 23.9 Å². The van der Waals surface area contributed by atoms with E-state index in [4.69, 9.17) is 4.74 Å². The number of carbonyl (C=O) groups is 2. The van der Waals surface area contributed by atoms with Gasteiger partial charge in [0.25, 0.3) is 0 Å². The number of amides is 1. The van der Waals surface area contributed by atoms with Gasteiger partial charge < -0.3 is 25.3 Å². The number of aliphatic hydroxyl groups excluding tert-OH is 2. The van der Waals surface area contributed by atoms with E-state index in [0.717, 1.165) is 29.3 Å². The summed E-state index contributed by atoms with van der Waals surface area (Å²) in [7, 11) is 0. The summed E-state index contributed by atoms with van der Waals surface area (Å²) in [6, 6.07) is 5.40. The number of benzene rings is 1. The van der Waals surface area contributed by atoms with Crippen LogP contribution < -0.4 is 5.32 Å². The van der Waals surface area contributed by atoms with Crippen LogP contribution in [0, 0.1) is 0 Å². The summed E-state index contributed by atoms with van der Waals surface area (Å²) < 4.78 is 5.14. The maximum absolute atomic E-state index is 12.1. The predicted molar refractivity (Wildman–Crippen MR) is 105 cm³/mol. The van der Waals surface area contributed by atoms with Crippen LogP contribution in [0.4, 0.5) is 4.79 Å². The van der Waals surface area contributed by atoms with Crippen molar-refractivity contribution in [3.63, 3.8) is 0 Å². The number of carbonyl (C=O) groups excluding carboxylic acids is 2. The van der Waals surface area contributed by atoms with Gasteiger partial charge >= 0.3 is 6.09 Å². The average Bonchev–Trinajstić information content (AvgIpc) is 2.99. The van der Waals surface area contributed by atoms with Gasteiger partial charge in [0.1, 0.15) is 11.7 Å². The minimum Gasteiger partial charge on any atom is -0.444 e. The summed E-state index contributed by atoms with van der Waals surface area (Å²) in [5.41, 5.74) is 2.50. The molecule has 7 heteroatoms. The van der Waals surface area contributed by atoms with Gasteiger partial charge in [-0.05, 0) is 63.3 Å². The van der Waals surface area contributed by atoms with Crippen molar-refractivity contribution < 1.29 is 24.5 Å². The van der Waals surface area contributed by atoms with Crippen LogP contribution in [0.5, 0.6) is 0 Å². The van der Waals surface area contributed by atoms with E-state index in [2.05, 4.69) is 10.3 Å². The molecule has 1 heterocycles. The lowest BCUT2D eigenvalue weighted by atomic mass is 9.93. The van der Waals surface area contributed by atoms with Gasteiger partial charge in [0.2, 0.25) is 0 Å². The molecule has 152 valence electrons. The summed E-state index contributed by atoms with van der Waals surface area (Å²) >= 11 is 0. The number of alkyl carbamates (subject to hydrolysis) is 1. The van der Waals surface area contributed by atoms with Gasteiger partial charge in [0.15, 0.2) is 5.78 Å². The van der Waals surface area contributed by atoms with Crippen molar-refractivity contribution in [1.82, 2.24) is 10.3 Å². The second kappa shape index (κ2) is 7.93. The fraction of sp³-hybridized carbons (Fsp3) is 0.524. The summed E-state index contributed by atoms with van der Waals surface area (Å²) in [6.07, 6.45) is -0.299. The molecule has 1 aliphatic carbocycles. The minimum atomic E-state index is -1.09. The molecule has 0 saturated heterocycles. The number of fused-ring (bicyclic) bond motifs is 3. The first-order valence-corrected chi connectivity index (χ1v) is 9.66. The van der Waals surface area contributed by atoms with Gasteiger partial charge in [-0.2, -0.15) is 0 Å². The van der Waals surface area contributed by atoms with Crippen molar-refractivity contribution in [2.24, 2.45) is 0 Å². The van der Waals surface area contributed by atoms with Crippen LogP contribution >= 0.6 is 0 Å². The first-order chi connectivity index (χ1) is 13.2. The molecule has 1 aromatic carbocycles. The number of aromatic amines is 1. The standard InChI is InChI=1S/C21H28N2O5/c1-21(2,3)28-20(27)22-10-9-17(25)19(26)12-7-8-15-14(11-12)13-5-4-6-16(24)18(13)23-15/h7-8,11,17,19,23,25-26H,4-6,9-10H2,1-3H3,(H,22,27). The predicted octanol–water partition coefficient (Wildman–Crippen LogP) is 3.00. The topological polar surface area (TPSA) is 112 Å². The van der Waals surface area contributed by atoms with E-state index in [-0.39, 0.29) is 18.7 Å². The zero-order chi connectivity index (χ0) is 20.5. The van der Waals surface area contributed by atoms with Crippen molar-refractivity contribution in [2.45, 2.75) is 64.3 Å². The highest BCUT2D eigenvalue weighted by Gasteiger charge is 2.24. The molecule has 4 N–H and O–H groups in total. The first kappa shape index (κ1) is 20.4. The maximum atomic E-state index is 12.1. The second-order valence-corrected chi connectivity index (χ2v) is 8.29. The lowest BCUT2D eigenvalue weighted by molar-refractivity contribution is 0.0124. The molecule has 0 bridgehead atoms. The molecule has 0 radical (unpaired) electrons. The van der Waals surface area contributed by atoms with Crippen LogP contribution in [0.2, 0.25) is 0 Å². The van der Waals surface area contributed by atoms with Crippen molar-refractivity contribution in [3.05, 3.63) is 35.0 Å². The zero-order valence-electron chi connectivity index (χ0n) is 16.5. The quantitative estimate of drug-likeness (QED) is 0.629. The maximum Gasteiger partial charge on any atom is 0.407 e. The van der Waals surface area contributed by atoms with E-state index in [1.54, 1.807) is 26.8 Å². The highest BCUT2D eigenvalue weighted by atomic mass is 16.6. The van der Waals surface area contributed by atoms with Gasteiger partial charge in [-0.15, -0.1) is 0 Å². The molecule has 2 atom stereocenters. The van der Waals surface area contributed by atoms with E-state index in [9.17, 15) is 19.8 Å². The van der Waals surface area contributed by atoms with Crippen molar-refractivity contribution in [2.75, 3.05) is 6.54 Å². The Morgan fingerprint density at radius 3 is 2.75 bits per heavy atom. The second-order valence-electron chi connectivity index (χ2n) is 8.29. The number of aliphatic hydroxyl groups is 2. The third kappa shape index (κ3) is 4.54. The molecule has 2 aromatic rings. The SMILES string of the molecule is CC(C)(C)OC(=O)NCCC(O)C(O)c1ccc2[nH]c3c(c2c1)CCCC3=O. The Morgan fingerprint density at radius 1 is 1.29 bits per heavy atom. The number of Topliss-reactive ketones (excluding diaryl/α,β-unsaturated/α-hetero) is 1. The minimum absolute atomic E-state index is 0.118. The van der Waals surface area contributed by atoms with Gasteiger partial charge in [0.05, 0.1) is 11.8 Å². The van der Waals surface area contributed by atoms with E-state index >= 15 is 0 Å². The van der Waals surface area contributed by atoms with Gasteiger partial charge in [-0.1, -0.05) is 6.07 Å². The molecule has 1 amide bonds. The summed E-state index contributed by atoms with van der Waals surface area (Å²) in [6.45, 7) is 5.50. The van der Waals surface area contributed by atoms with Crippen molar-refractivity contribution >= 4 is 22.8 Å². The molecular weight excluding hydrogens is 360 g/mol. The van der Waals surface area contributed by atoms with Crippen LogP contribution in [0.25, 0.3) is 10.9 Å². The molecule has 0 aliphatic heterocycles. The fourth-order valence-corrected chi connectivity index (χ4v) is 3.51. The molecule has 1 aliphatic rings. The zero-order valence-corrected chi connectivity index (χ0v) is 16.5. The number of aryl methyl sites for hydroxylation is 1. The average molecular weight is 388 g/mol. The lowest BCUT2D eigenvalue weighted by Gasteiger charge is -2.21. The molecule has 3 rings (SSSR count). The molecule has 28 heavy (non-hydrogen) atoms. The molecule has 7 nitrogen and oxygen atoms in total. The van der Waals surface area contributed by atoms with E-state index in [1.165, 1.54) is 0 Å². The normalized spacial score (nSPS) is 16.5. The molecule has 0 fully saturated rings. The van der Waals surface area contributed by atoms with Crippen LogP contribution in [0.15, 0.2) is 18.2 Å². The third-order valence-corrected chi connectivity index (χ3v) is 4.85. The molecular formula is C21H28N2O5. The Balaban J connectivity index is 1.65. The van der Waals surface area contributed by atoms with Crippen molar-refractivity contribution in [3.8, 4) is 0 Å². The largest absolute Gasteiger partial charge is 0.444 e. The van der Waals surface area contributed by atoms with E-state index in [1.807, 2.05) is 12.1 Å². The molecule has 0 spiro atoms. The Hall–Kier alpha value is -2.38. The smallest absolute Gasteiger partial charge is 0.407 e. The van der Waals surface area contributed by atoms with Gasteiger partial charge in [-0.3, -0.25) is 4.79 Å². The lowest BCUT2D eigenvalue weighted by Crippen LogP contribution is -2.34.